The smallest absolute Gasteiger partial charge is 0.306 e. The summed E-state index contributed by atoms with van der Waals surface area (Å²) in [5.74, 6) is 0.314. The lowest BCUT2D eigenvalue weighted by atomic mass is 9.82. The van der Waals surface area contributed by atoms with Gasteiger partial charge in [-0.15, -0.1) is 0 Å². The standard InChI is InChI=1S/C15H25NO3/c1-10-3-2-4-11(7-10)9-16-14(17)12-5-6-13(8-12)15(18)19/h10-13H,2-9H2,1H3,(H,16,17)(H,18,19)/t10?,11?,12-,13+/m1/s1. The third-order valence-electron chi connectivity index (χ3n) is 4.76. The van der Waals surface area contributed by atoms with E-state index >= 15 is 0 Å². The molecule has 0 heterocycles. The number of carboxylic acids is 1. The molecule has 4 atom stereocenters. The predicted octanol–water partition coefficient (Wildman–Crippen LogP) is 2.43. The Morgan fingerprint density at radius 2 is 1.84 bits per heavy atom. The monoisotopic (exact) mass is 267 g/mol. The van der Waals surface area contributed by atoms with Gasteiger partial charge >= 0.3 is 5.97 Å². The second kappa shape index (κ2) is 6.40. The largest absolute Gasteiger partial charge is 0.481 e. The molecule has 4 nitrogen and oxygen atoms in total. The zero-order valence-corrected chi connectivity index (χ0v) is 11.7. The van der Waals surface area contributed by atoms with Crippen LogP contribution < -0.4 is 5.32 Å². The van der Waals surface area contributed by atoms with Gasteiger partial charge in [-0.2, -0.15) is 0 Å². The minimum Gasteiger partial charge on any atom is -0.481 e. The highest BCUT2D eigenvalue weighted by Gasteiger charge is 2.34. The Morgan fingerprint density at radius 1 is 1.11 bits per heavy atom. The summed E-state index contributed by atoms with van der Waals surface area (Å²) in [6, 6.07) is 0. The molecule has 1 amide bonds. The van der Waals surface area contributed by atoms with E-state index in [1.807, 2.05) is 0 Å². The van der Waals surface area contributed by atoms with Crippen molar-refractivity contribution in [2.75, 3.05) is 6.54 Å². The molecule has 2 fully saturated rings. The van der Waals surface area contributed by atoms with E-state index in [4.69, 9.17) is 5.11 Å². The first-order valence-electron chi connectivity index (χ1n) is 7.56. The van der Waals surface area contributed by atoms with Crippen molar-refractivity contribution in [3.8, 4) is 0 Å². The van der Waals surface area contributed by atoms with Crippen LogP contribution in [0.2, 0.25) is 0 Å². The van der Waals surface area contributed by atoms with Crippen LogP contribution in [0.5, 0.6) is 0 Å². The number of hydrogen-bond acceptors (Lipinski definition) is 2. The van der Waals surface area contributed by atoms with Crippen molar-refractivity contribution in [3.63, 3.8) is 0 Å². The van der Waals surface area contributed by atoms with Crippen molar-refractivity contribution >= 4 is 11.9 Å². The average molecular weight is 267 g/mol. The van der Waals surface area contributed by atoms with Crippen LogP contribution in [0, 0.1) is 23.7 Å². The van der Waals surface area contributed by atoms with Gasteiger partial charge in [0.05, 0.1) is 5.92 Å². The molecule has 4 heteroatoms. The minimum absolute atomic E-state index is 0.0713. The Bertz CT molecular complexity index is 342. The fourth-order valence-electron chi connectivity index (χ4n) is 3.58. The number of carboxylic acid groups (broad SMARTS) is 1. The van der Waals surface area contributed by atoms with Gasteiger partial charge in [-0.1, -0.05) is 19.8 Å². The van der Waals surface area contributed by atoms with E-state index in [0.717, 1.165) is 18.9 Å². The first kappa shape index (κ1) is 14.4. The van der Waals surface area contributed by atoms with Gasteiger partial charge in [-0.25, -0.2) is 0 Å². The zero-order chi connectivity index (χ0) is 13.8. The van der Waals surface area contributed by atoms with Crippen LogP contribution in [0.3, 0.4) is 0 Å². The summed E-state index contributed by atoms with van der Waals surface area (Å²) in [5.41, 5.74) is 0. The maximum atomic E-state index is 12.0. The molecule has 0 saturated heterocycles. The molecule has 2 aliphatic rings. The lowest BCUT2D eigenvalue weighted by Crippen LogP contribution is -2.35. The van der Waals surface area contributed by atoms with E-state index in [9.17, 15) is 9.59 Å². The summed E-state index contributed by atoms with van der Waals surface area (Å²) in [4.78, 5) is 22.9. The van der Waals surface area contributed by atoms with Crippen molar-refractivity contribution in [1.29, 1.82) is 0 Å². The zero-order valence-electron chi connectivity index (χ0n) is 11.7. The Hall–Kier alpha value is -1.06. The van der Waals surface area contributed by atoms with Gasteiger partial charge in [0, 0.05) is 12.5 Å². The molecule has 0 spiro atoms. The lowest BCUT2D eigenvalue weighted by Gasteiger charge is -2.27. The molecule has 0 bridgehead atoms. The van der Waals surface area contributed by atoms with Crippen LogP contribution in [0.25, 0.3) is 0 Å². The quantitative estimate of drug-likeness (QED) is 0.822. The van der Waals surface area contributed by atoms with E-state index in [2.05, 4.69) is 12.2 Å². The third-order valence-corrected chi connectivity index (χ3v) is 4.76. The molecule has 0 aromatic heterocycles. The van der Waals surface area contributed by atoms with Crippen LogP contribution in [0.4, 0.5) is 0 Å². The fourth-order valence-corrected chi connectivity index (χ4v) is 3.58. The SMILES string of the molecule is CC1CCCC(CNC(=O)[C@@H]2CC[C@H](C(=O)O)C2)C1. The number of amides is 1. The highest BCUT2D eigenvalue weighted by Crippen LogP contribution is 2.32. The molecule has 108 valence electrons. The van der Waals surface area contributed by atoms with E-state index < -0.39 is 5.97 Å². The van der Waals surface area contributed by atoms with E-state index in [1.54, 1.807) is 0 Å². The first-order valence-corrected chi connectivity index (χ1v) is 7.56. The number of rotatable bonds is 4. The van der Waals surface area contributed by atoms with Crippen molar-refractivity contribution in [1.82, 2.24) is 5.32 Å². The van der Waals surface area contributed by atoms with Gasteiger partial charge in [0.25, 0.3) is 0 Å². The number of hydrogen-bond donors (Lipinski definition) is 2. The predicted molar refractivity (Wildman–Crippen MR) is 72.6 cm³/mol. The lowest BCUT2D eigenvalue weighted by molar-refractivity contribution is -0.141. The Morgan fingerprint density at radius 3 is 2.47 bits per heavy atom. The van der Waals surface area contributed by atoms with Crippen LogP contribution in [-0.2, 0) is 9.59 Å². The normalized spacial score (nSPS) is 35.0. The Labute approximate surface area is 115 Å². The van der Waals surface area contributed by atoms with Crippen LogP contribution in [0.15, 0.2) is 0 Å². The topological polar surface area (TPSA) is 66.4 Å². The highest BCUT2D eigenvalue weighted by molar-refractivity contribution is 5.80. The maximum absolute atomic E-state index is 12.0. The van der Waals surface area contributed by atoms with Crippen molar-refractivity contribution in [3.05, 3.63) is 0 Å². The molecule has 0 aromatic rings. The summed E-state index contributed by atoms with van der Waals surface area (Å²) in [5, 5.41) is 12.0. The van der Waals surface area contributed by atoms with E-state index in [-0.39, 0.29) is 17.7 Å². The van der Waals surface area contributed by atoms with Gasteiger partial charge in [-0.3, -0.25) is 9.59 Å². The average Bonchev–Trinajstić information content (AvgIpc) is 2.86. The first-order chi connectivity index (χ1) is 9.06. The van der Waals surface area contributed by atoms with Crippen molar-refractivity contribution in [2.45, 2.75) is 51.9 Å². The molecule has 0 aliphatic heterocycles. The van der Waals surface area contributed by atoms with Crippen molar-refractivity contribution < 1.29 is 14.7 Å². The van der Waals surface area contributed by atoms with Gasteiger partial charge in [-0.05, 0) is 43.9 Å². The van der Waals surface area contributed by atoms with Crippen molar-refractivity contribution in [2.24, 2.45) is 23.7 Å². The molecule has 2 rings (SSSR count). The maximum Gasteiger partial charge on any atom is 0.306 e. The number of carbonyl (C=O) groups is 2. The molecule has 19 heavy (non-hydrogen) atoms. The third kappa shape index (κ3) is 3.95. The molecule has 0 aromatic carbocycles. The van der Waals surface area contributed by atoms with Crippen LogP contribution in [-0.4, -0.2) is 23.5 Å². The van der Waals surface area contributed by atoms with E-state index in [0.29, 0.717) is 18.8 Å². The summed E-state index contributed by atoms with van der Waals surface area (Å²) in [6.45, 7) is 3.06. The summed E-state index contributed by atoms with van der Waals surface area (Å²) < 4.78 is 0. The molecule has 2 N–H and O–H groups in total. The molecular formula is C15H25NO3. The van der Waals surface area contributed by atoms with E-state index in [1.165, 1.54) is 25.7 Å². The number of nitrogens with one attached hydrogen (secondary N) is 1. The number of carbonyl (C=O) groups excluding carboxylic acids is 1. The van der Waals surface area contributed by atoms with Gasteiger partial charge < -0.3 is 10.4 Å². The molecular weight excluding hydrogens is 242 g/mol. The Balaban J connectivity index is 1.71. The highest BCUT2D eigenvalue weighted by atomic mass is 16.4. The molecule has 2 unspecified atom stereocenters. The van der Waals surface area contributed by atoms with Gasteiger partial charge in [0.15, 0.2) is 0 Å². The van der Waals surface area contributed by atoms with Gasteiger partial charge in [0.2, 0.25) is 5.91 Å². The van der Waals surface area contributed by atoms with Gasteiger partial charge in [0.1, 0.15) is 0 Å². The summed E-state index contributed by atoms with van der Waals surface area (Å²) >= 11 is 0. The molecule has 0 radical (unpaired) electrons. The summed E-state index contributed by atoms with van der Waals surface area (Å²) in [6.07, 6.45) is 6.90. The van der Waals surface area contributed by atoms with Crippen LogP contribution >= 0.6 is 0 Å². The van der Waals surface area contributed by atoms with Crippen LogP contribution in [0.1, 0.15) is 51.9 Å². The molecule has 2 saturated carbocycles. The second-order valence-electron chi connectivity index (χ2n) is 6.43. The summed E-state index contributed by atoms with van der Waals surface area (Å²) in [7, 11) is 0. The second-order valence-corrected chi connectivity index (χ2v) is 6.43. The Kier molecular flexibility index (Phi) is 4.83. The minimum atomic E-state index is -0.753. The fraction of sp³-hybridized carbons (Fsp3) is 0.867. The number of aliphatic carboxylic acids is 1. The molecule has 2 aliphatic carbocycles.